The van der Waals surface area contributed by atoms with Crippen LogP contribution in [0.5, 0.6) is 0 Å². The molecule has 0 amide bonds. The third kappa shape index (κ3) is 3.93. The smallest absolute Gasteiger partial charge is 0.104 e. The minimum atomic E-state index is 0.412. The molecule has 2 saturated heterocycles. The average molecular weight is 322 g/mol. The van der Waals surface area contributed by atoms with Crippen molar-refractivity contribution in [2.75, 3.05) is 19.8 Å². The van der Waals surface area contributed by atoms with E-state index in [9.17, 15) is 0 Å². The highest BCUT2D eigenvalue weighted by atomic mass is 16.6. The van der Waals surface area contributed by atoms with Crippen molar-refractivity contribution in [1.29, 1.82) is 0 Å². The van der Waals surface area contributed by atoms with Crippen LogP contribution in [0, 0.1) is 23.2 Å². The molecule has 2 atom stereocenters. The highest BCUT2D eigenvalue weighted by Crippen LogP contribution is 2.50. The van der Waals surface area contributed by atoms with Crippen molar-refractivity contribution >= 4 is 0 Å². The first-order valence-electron chi connectivity index (χ1n) is 9.97. The SMILES string of the molecule is CC(C)(C1CCC(OCC2CO2)CC1)C1CCC(C2CO2)CC1. The van der Waals surface area contributed by atoms with E-state index in [0.29, 0.717) is 23.7 Å². The lowest BCUT2D eigenvalue weighted by molar-refractivity contribution is -0.0226. The van der Waals surface area contributed by atoms with Gasteiger partial charge in [-0.2, -0.15) is 0 Å². The Bertz CT molecular complexity index is 384. The minimum Gasteiger partial charge on any atom is -0.375 e. The molecular formula is C20H34O3. The van der Waals surface area contributed by atoms with Gasteiger partial charge in [0, 0.05) is 0 Å². The highest BCUT2D eigenvalue weighted by Gasteiger charge is 2.43. The van der Waals surface area contributed by atoms with Crippen molar-refractivity contribution in [2.45, 2.75) is 83.5 Å². The van der Waals surface area contributed by atoms with Crippen molar-refractivity contribution in [3.05, 3.63) is 0 Å². The van der Waals surface area contributed by atoms with Gasteiger partial charge >= 0.3 is 0 Å². The number of epoxide rings is 2. The molecule has 2 unspecified atom stereocenters. The molecule has 4 fully saturated rings. The summed E-state index contributed by atoms with van der Waals surface area (Å²) in [6, 6.07) is 0. The van der Waals surface area contributed by atoms with E-state index in [-0.39, 0.29) is 0 Å². The molecule has 0 spiro atoms. The second kappa shape index (κ2) is 6.65. The van der Waals surface area contributed by atoms with Gasteiger partial charge in [0.25, 0.3) is 0 Å². The number of rotatable bonds is 6. The molecule has 2 aliphatic heterocycles. The van der Waals surface area contributed by atoms with Crippen LogP contribution in [-0.4, -0.2) is 38.1 Å². The quantitative estimate of drug-likeness (QED) is 0.688. The predicted molar refractivity (Wildman–Crippen MR) is 90.4 cm³/mol. The summed E-state index contributed by atoms with van der Waals surface area (Å²) in [5, 5.41) is 0. The van der Waals surface area contributed by atoms with Crippen LogP contribution >= 0.6 is 0 Å². The minimum absolute atomic E-state index is 0.412. The molecule has 23 heavy (non-hydrogen) atoms. The zero-order chi connectivity index (χ0) is 15.9. The van der Waals surface area contributed by atoms with Crippen molar-refractivity contribution in [3.63, 3.8) is 0 Å². The van der Waals surface area contributed by atoms with Gasteiger partial charge in [0.05, 0.1) is 32.0 Å². The topological polar surface area (TPSA) is 34.3 Å². The van der Waals surface area contributed by atoms with Gasteiger partial charge in [-0.25, -0.2) is 0 Å². The van der Waals surface area contributed by atoms with Crippen LogP contribution in [0.1, 0.15) is 65.2 Å². The Balaban J connectivity index is 1.23. The van der Waals surface area contributed by atoms with E-state index in [2.05, 4.69) is 13.8 Å². The van der Waals surface area contributed by atoms with Crippen LogP contribution < -0.4 is 0 Å². The molecule has 4 rings (SSSR count). The lowest BCUT2D eigenvalue weighted by Gasteiger charge is -2.46. The largest absolute Gasteiger partial charge is 0.375 e. The Labute approximate surface area is 141 Å². The average Bonchev–Trinajstić information content (AvgIpc) is 3.47. The van der Waals surface area contributed by atoms with Crippen LogP contribution in [0.3, 0.4) is 0 Å². The van der Waals surface area contributed by atoms with Gasteiger partial charge in [-0.05, 0) is 74.5 Å². The third-order valence-electron chi connectivity index (χ3n) is 7.36. The summed E-state index contributed by atoms with van der Waals surface area (Å²) in [6.45, 7) is 7.88. The molecular weight excluding hydrogens is 288 g/mol. The zero-order valence-corrected chi connectivity index (χ0v) is 15.0. The number of ether oxygens (including phenoxy) is 3. The summed E-state index contributed by atoms with van der Waals surface area (Å²) in [5.41, 5.74) is 0.500. The van der Waals surface area contributed by atoms with Crippen LogP contribution in [0.2, 0.25) is 0 Å². The molecule has 3 nitrogen and oxygen atoms in total. The normalized spacial score (nSPS) is 44.1. The summed E-state index contributed by atoms with van der Waals surface area (Å²) in [5.74, 6) is 2.67. The molecule has 0 bridgehead atoms. The lowest BCUT2D eigenvalue weighted by atomic mass is 9.59. The fraction of sp³-hybridized carbons (Fsp3) is 1.00. The molecule has 0 aromatic carbocycles. The fourth-order valence-electron chi connectivity index (χ4n) is 5.28. The van der Waals surface area contributed by atoms with E-state index >= 15 is 0 Å². The van der Waals surface area contributed by atoms with Crippen molar-refractivity contribution in [1.82, 2.24) is 0 Å². The Kier molecular flexibility index (Phi) is 4.73. The monoisotopic (exact) mass is 322 g/mol. The van der Waals surface area contributed by atoms with E-state index in [1.165, 1.54) is 51.4 Å². The van der Waals surface area contributed by atoms with E-state index in [4.69, 9.17) is 14.2 Å². The van der Waals surface area contributed by atoms with Gasteiger partial charge in [-0.15, -0.1) is 0 Å². The van der Waals surface area contributed by atoms with E-state index in [1.807, 2.05) is 0 Å². The first kappa shape index (κ1) is 16.4. The number of hydrogen-bond acceptors (Lipinski definition) is 3. The Morgan fingerprint density at radius 2 is 1.39 bits per heavy atom. The standard InChI is InChI=1S/C20H34O3/c1-20(2,15-5-3-14(4-6-15)19-13-23-19)16-7-9-17(10-8-16)21-11-18-12-22-18/h14-19H,3-13H2,1-2H3. The van der Waals surface area contributed by atoms with Crippen molar-refractivity contribution in [3.8, 4) is 0 Å². The van der Waals surface area contributed by atoms with Gasteiger partial charge in [0.2, 0.25) is 0 Å². The van der Waals surface area contributed by atoms with Gasteiger partial charge in [-0.3, -0.25) is 0 Å². The fourth-order valence-corrected chi connectivity index (χ4v) is 5.28. The molecule has 2 heterocycles. The lowest BCUT2D eigenvalue weighted by Crippen LogP contribution is -2.38. The molecule has 0 N–H and O–H groups in total. The van der Waals surface area contributed by atoms with Crippen molar-refractivity contribution < 1.29 is 14.2 Å². The molecule has 2 aliphatic carbocycles. The second-order valence-corrected chi connectivity index (χ2v) is 9.07. The molecule has 0 aromatic heterocycles. The molecule has 0 radical (unpaired) electrons. The molecule has 132 valence electrons. The summed E-state index contributed by atoms with van der Waals surface area (Å²) in [4.78, 5) is 0. The van der Waals surface area contributed by atoms with Crippen LogP contribution in [0.4, 0.5) is 0 Å². The van der Waals surface area contributed by atoms with Crippen LogP contribution in [0.25, 0.3) is 0 Å². The molecule has 3 heteroatoms. The highest BCUT2D eigenvalue weighted by molar-refractivity contribution is 4.93. The van der Waals surface area contributed by atoms with Crippen LogP contribution in [-0.2, 0) is 14.2 Å². The Hall–Kier alpha value is -0.120. The zero-order valence-electron chi connectivity index (χ0n) is 15.0. The Morgan fingerprint density at radius 3 is 1.91 bits per heavy atom. The molecule has 2 saturated carbocycles. The van der Waals surface area contributed by atoms with Gasteiger partial charge in [0.1, 0.15) is 6.10 Å². The summed E-state index contributed by atoms with van der Waals surface area (Å²) in [6.07, 6.45) is 12.4. The second-order valence-electron chi connectivity index (χ2n) is 9.07. The van der Waals surface area contributed by atoms with Crippen LogP contribution in [0.15, 0.2) is 0 Å². The summed E-state index contributed by atoms with van der Waals surface area (Å²) in [7, 11) is 0. The third-order valence-corrected chi connectivity index (χ3v) is 7.36. The van der Waals surface area contributed by atoms with E-state index in [1.54, 1.807) is 0 Å². The maximum atomic E-state index is 6.02. The first-order chi connectivity index (χ1) is 11.1. The Morgan fingerprint density at radius 1 is 0.826 bits per heavy atom. The predicted octanol–water partition coefficient (Wildman–Crippen LogP) is 4.19. The maximum absolute atomic E-state index is 6.02. The number of hydrogen-bond donors (Lipinski definition) is 0. The van der Waals surface area contributed by atoms with E-state index in [0.717, 1.165) is 37.6 Å². The van der Waals surface area contributed by atoms with Gasteiger partial charge in [0.15, 0.2) is 0 Å². The summed E-state index contributed by atoms with van der Waals surface area (Å²) < 4.78 is 16.8. The molecule has 4 aliphatic rings. The first-order valence-corrected chi connectivity index (χ1v) is 9.97. The maximum Gasteiger partial charge on any atom is 0.104 e. The van der Waals surface area contributed by atoms with Gasteiger partial charge in [-0.1, -0.05) is 13.8 Å². The summed E-state index contributed by atoms with van der Waals surface area (Å²) >= 11 is 0. The molecule has 0 aromatic rings. The van der Waals surface area contributed by atoms with Crippen molar-refractivity contribution in [2.24, 2.45) is 23.2 Å². The van der Waals surface area contributed by atoms with Gasteiger partial charge < -0.3 is 14.2 Å². The van der Waals surface area contributed by atoms with E-state index < -0.39 is 0 Å².